The molecule has 1 aliphatic heterocycles. The van der Waals surface area contributed by atoms with Crippen LogP contribution in [0.5, 0.6) is 0 Å². The van der Waals surface area contributed by atoms with Gasteiger partial charge in [-0.3, -0.25) is 4.79 Å². The van der Waals surface area contributed by atoms with Crippen LogP contribution in [-0.2, 0) is 4.79 Å². The van der Waals surface area contributed by atoms with E-state index in [4.69, 9.17) is 0 Å². The van der Waals surface area contributed by atoms with Gasteiger partial charge < -0.3 is 14.9 Å². The molecule has 5 heteroatoms. The van der Waals surface area contributed by atoms with Gasteiger partial charge in [0.05, 0.1) is 5.41 Å². The van der Waals surface area contributed by atoms with Crippen molar-refractivity contribution in [3.63, 3.8) is 0 Å². The maximum absolute atomic E-state index is 12.6. The Labute approximate surface area is 128 Å². The summed E-state index contributed by atoms with van der Waals surface area (Å²) in [4.78, 5) is 27.8. The van der Waals surface area contributed by atoms with Crippen molar-refractivity contribution in [2.75, 3.05) is 26.2 Å². The molecule has 21 heavy (non-hydrogen) atoms. The average molecular weight is 298 g/mol. The summed E-state index contributed by atoms with van der Waals surface area (Å²) in [6, 6.07) is 0.0737. The van der Waals surface area contributed by atoms with Gasteiger partial charge in [-0.15, -0.1) is 0 Å². The number of hydrogen-bond acceptors (Lipinski definition) is 2. The van der Waals surface area contributed by atoms with Crippen molar-refractivity contribution in [2.45, 2.75) is 53.4 Å². The van der Waals surface area contributed by atoms with Crippen molar-refractivity contribution in [3.8, 4) is 0 Å². The molecule has 0 spiro atoms. The number of aliphatic carboxylic acids is 1. The van der Waals surface area contributed by atoms with E-state index in [9.17, 15) is 14.7 Å². The molecule has 1 aliphatic rings. The molecule has 1 saturated heterocycles. The summed E-state index contributed by atoms with van der Waals surface area (Å²) in [6.45, 7) is 10.5. The first-order valence-corrected chi connectivity index (χ1v) is 8.11. The topological polar surface area (TPSA) is 60.9 Å². The number of carbonyl (C=O) groups is 2. The first-order chi connectivity index (χ1) is 9.84. The Hall–Kier alpha value is -1.26. The predicted molar refractivity (Wildman–Crippen MR) is 83.3 cm³/mol. The number of carboxylic acid groups (broad SMARTS) is 1. The monoisotopic (exact) mass is 298 g/mol. The highest BCUT2D eigenvalue weighted by Crippen LogP contribution is 2.34. The molecule has 1 fully saturated rings. The van der Waals surface area contributed by atoms with E-state index in [1.165, 1.54) is 0 Å². The third-order valence-electron chi connectivity index (χ3n) is 4.52. The second-order valence-corrected chi connectivity index (χ2v) is 6.58. The van der Waals surface area contributed by atoms with Crippen LogP contribution in [0.25, 0.3) is 0 Å². The standard InChI is InChI=1S/C16H30N2O3/c1-5-9-17(10-6-2)15(21)18-11-7-8-13(12-18)16(3,4)14(19)20/h13H,5-12H2,1-4H3,(H,19,20). The summed E-state index contributed by atoms with van der Waals surface area (Å²) in [6.07, 6.45) is 3.66. The SMILES string of the molecule is CCCN(CCC)C(=O)N1CCCC(C(C)(C)C(=O)O)C1. The van der Waals surface area contributed by atoms with Crippen molar-refractivity contribution in [2.24, 2.45) is 11.3 Å². The van der Waals surface area contributed by atoms with Gasteiger partial charge in [0, 0.05) is 26.2 Å². The molecular formula is C16H30N2O3. The van der Waals surface area contributed by atoms with Gasteiger partial charge in [-0.25, -0.2) is 4.79 Å². The van der Waals surface area contributed by atoms with Crippen LogP contribution in [0, 0.1) is 11.3 Å². The van der Waals surface area contributed by atoms with E-state index < -0.39 is 11.4 Å². The molecule has 1 N–H and O–H groups in total. The van der Waals surface area contributed by atoms with Crippen molar-refractivity contribution in [3.05, 3.63) is 0 Å². The molecule has 1 heterocycles. The van der Waals surface area contributed by atoms with Gasteiger partial charge >= 0.3 is 12.0 Å². The minimum absolute atomic E-state index is 0.0257. The maximum atomic E-state index is 12.6. The van der Waals surface area contributed by atoms with Gasteiger partial charge in [0.2, 0.25) is 0 Å². The van der Waals surface area contributed by atoms with Gasteiger partial charge in [-0.2, -0.15) is 0 Å². The van der Waals surface area contributed by atoms with E-state index in [1.54, 1.807) is 13.8 Å². The first-order valence-electron chi connectivity index (χ1n) is 8.11. The summed E-state index contributed by atoms with van der Waals surface area (Å²) in [5.74, 6) is -0.751. The molecule has 122 valence electrons. The molecule has 0 aromatic carbocycles. The van der Waals surface area contributed by atoms with E-state index in [1.807, 2.05) is 9.80 Å². The number of urea groups is 1. The zero-order chi connectivity index (χ0) is 16.0. The van der Waals surface area contributed by atoms with E-state index in [-0.39, 0.29) is 11.9 Å². The van der Waals surface area contributed by atoms with E-state index in [2.05, 4.69) is 13.8 Å². The minimum Gasteiger partial charge on any atom is -0.481 e. The van der Waals surface area contributed by atoms with E-state index in [0.29, 0.717) is 6.54 Å². The Morgan fingerprint density at radius 2 is 1.81 bits per heavy atom. The lowest BCUT2D eigenvalue weighted by atomic mass is 9.74. The van der Waals surface area contributed by atoms with Crippen LogP contribution in [0.15, 0.2) is 0 Å². The third-order valence-corrected chi connectivity index (χ3v) is 4.52. The fraction of sp³-hybridized carbons (Fsp3) is 0.875. The van der Waals surface area contributed by atoms with Crippen LogP contribution in [0.2, 0.25) is 0 Å². The van der Waals surface area contributed by atoms with Crippen LogP contribution in [-0.4, -0.2) is 53.1 Å². The fourth-order valence-electron chi connectivity index (χ4n) is 2.96. The van der Waals surface area contributed by atoms with Gasteiger partial charge in [-0.05, 0) is 45.4 Å². The summed E-state index contributed by atoms with van der Waals surface area (Å²) in [5, 5.41) is 9.38. The lowest BCUT2D eigenvalue weighted by Gasteiger charge is -2.41. The number of piperidine rings is 1. The van der Waals surface area contributed by atoms with Gasteiger partial charge in [0.1, 0.15) is 0 Å². The molecule has 0 aromatic rings. The molecule has 0 bridgehead atoms. The van der Waals surface area contributed by atoms with Crippen LogP contribution in [0.3, 0.4) is 0 Å². The van der Waals surface area contributed by atoms with Gasteiger partial charge in [0.15, 0.2) is 0 Å². The van der Waals surface area contributed by atoms with Crippen LogP contribution in [0.4, 0.5) is 4.79 Å². The molecular weight excluding hydrogens is 268 g/mol. The van der Waals surface area contributed by atoms with Crippen molar-refractivity contribution in [1.82, 2.24) is 9.80 Å². The Morgan fingerprint density at radius 1 is 1.24 bits per heavy atom. The van der Waals surface area contributed by atoms with Gasteiger partial charge in [-0.1, -0.05) is 13.8 Å². The molecule has 1 atom stereocenters. The second-order valence-electron chi connectivity index (χ2n) is 6.58. The highest BCUT2D eigenvalue weighted by atomic mass is 16.4. The van der Waals surface area contributed by atoms with E-state index >= 15 is 0 Å². The second kappa shape index (κ2) is 7.66. The Balaban J connectivity index is 2.75. The van der Waals surface area contributed by atoms with Crippen molar-refractivity contribution < 1.29 is 14.7 Å². The smallest absolute Gasteiger partial charge is 0.320 e. The zero-order valence-corrected chi connectivity index (χ0v) is 13.9. The Morgan fingerprint density at radius 3 is 2.29 bits per heavy atom. The number of hydrogen-bond donors (Lipinski definition) is 1. The highest BCUT2D eigenvalue weighted by Gasteiger charge is 2.40. The Bertz CT molecular complexity index is 363. The number of carboxylic acids is 1. The number of amides is 2. The first kappa shape index (κ1) is 17.8. The van der Waals surface area contributed by atoms with Crippen LogP contribution >= 0.6 is 0 Å². The minimum atomic E-state index is -0.778. The average Bonchev–Trinajstić information content (AvgIpc) is 2.46. The number of likely N-dealkylation sites (tertiary alicyclic amines) is 1. The normalized spacial score (nSPS) is 19.4. The predicted octanol–water partition coefficient (Wildman–Crippen LogP) is 3.05. The van der Waals surface area contributed by atoms with E-state index in [0.717, 1.165) is 45.3 Å². The Kier molecular flexibility index (Phi) is 6.49. The molecule has 0 aliphatic carbocycles. The maximum Gasteiger partial charge on any atom is 0.320 e. The van der Waals surface area contributed by atoms with Crippen LogP contribution < -0.4 is 0 Å². The number of rotatable bonds is 6. The quantitative estimate of drug-likeness (QED) is 0.820. The van der Waals surface area contributed by atoms with Crippen molar-refractivity contribution >= 4 is 12.0 Å². The molecule has 0 aromatic heterocycles. The number of carbonyl (C=O) groups excluding carboxylic acids is 1. The highest BCUT2D eigenvalue weighted by molar-refractivity contribution is 5.76. The third kappa shape index (κ3) is 4.35. The van der Waals surface area contributed by atoms with Crippen molar-refractivity contribution in [1.29, 1.82) is 0 Å². The fourth-order valence-corrected chi connectivity index (χ4v) is 2.96. The summed E-state index contributed by atoms with van der Waals surface area (Å²) in [5.41, 5.74) is -0.778. The lowest BCUT2D eigenvalue weighted by Crippen LogP contribution is -2.51. The summed E-state index contributed by atoms with van der Waals surface area (Å²) < 4.78 is 0. The molecule has 2 amide bonds. The summed E-state index contributed by atoms with van der Waals surface area (Å²) >= 11 is 0. The zero-order valence-electron chi connectivity index (χ0n) is 13.9. The molecule has 1 unspecified atom stereocenters. The molecule has 5 nitrogen and oxygen atoms in total. The largest absolute Gasteiger partial charge is 0.481 e. The van der Waals surface area contributed by atoms with Crippen LogP contribution in [0.1, 0.15) is 53.4 Å². The van der Waals surface area contributed by atoms with Gasteiger partial charge in [0.25, 0.3) is 0 Å². The molecule has 0 radical (unpaired) electrons. The molecule has 1 rings (SSSR count). The lowest BCUT2D eigenvalue weighted by molar-refractivity contribution is -0.151. The molecule has 0 saturated carbocycles. The summed E-state index contributed by atoms with van der Waals surface area (Å²) in [7, 11) is 0. The number of nitrogens with zero attached hydrogens (tertiary/aromatic N) is 2.